The zero-order valence-electron chi connectivity index (χ0n) is 12.2. The number of imide groups is 1. The van der Waals surface area contributed by atoms with Gasteiger partial charge in [-0.1, -0.05) is 30.3 Å². The fraction of sp³-hybridized carbons (Fsp3) is 0.0588. The van der Waals surface area contributed by atoms with Crippen LogP contribution in [0.2, 0.25) is 0 Å². The topological polar surface area (TPSA) is 55.4 Å². The molecule has 3 rings (SSSR count). The third-order valence-electron chi connectivity index (χ3n) is 3.19. The van der Waals surface area contributed by atoms with Crippen molar-refractivity contribution in [1.29, 1.82) is 0 Å². The molecule has 0 spiro atoms. The van der Waals surface area contributed by atoms with Crippen LogP contribution in [0.3, 0.4) is 0 Å². The molecular formula is C17H11Br2NO3S. The van der Waals surface area contributed by atoms with Crippen LogP contribution in [0.1, 0.15) is 11.1 Å². The van der Waals surface area contributed by atoms with Crippen molar-refractivity contribution in [3.05, 3.63) is 67.4 Å². The van der Waals surface area contributed by atoms with Crippen LogP contribution in [0.25, 0.3) is 6.08 Å². The van der Waals surface area contributed by atoms with Gasteiger partial charge in [-0.05, 0) is 73.0 Å². The largest absolute Gasteiger partial charge is 0.487 e. The van der Waals surface area contributed by atoms with Gasteiger partial charge in [-0.15, -0.1) is 0 Å². The van der Waals surface area contributed by atoms with E-state index in [9.17, 15) is 9.59 Å². The minimum atomic E-state index is -0.373. The van der Waals surface area contributed by atoms with Crippen LogP contribution in [-0.2, 0) is 11.4 Å². The SMILES string of the molecule is O=C1NC(=O)/C(=C\c2cc(Br)c(OCc3ccccc3)c(Br)c2)S1. The molecule has 2 amide bonds. The second-order valence-electron chi connectivity index (χ2n) is 4.94. The molecule has 0 saturated carbocycles. The second-order valence-corrected chi connectivity index (χ2v) is 7.66. The van der Waals surface area contributed by atoms with Gasteiger partial charge in [0.2, 0.25) is 0 Å². The summed E-state index contributed by atoms with van der Waals surface area (Å²) in [6.07, 6.45) is 1.67. The first-order valence-electron chi connectivity index (χ1n) is 6.93. The molecule has 0 unspecified atom stereocenters. The molecule has 4 nitrogen and oxygen atoms in total. The lowest BCUT2D eigenvalue weighted by Gasteiger charge is -2.11. The number of carbonyl (C=O) groups is 2. The van der Waals surface area contributed by atoms with Gasteiger partial charge in [0.05, 0.1) is 13.9 Å². The molecule has 1 N–H and O–H groups in total. The second kappa shape index (κ2) is 7.55. The Hall–Kier alpha value is -1.57. The maximum atomic E-state index is 11.6. The van der Waals surface area contributed by atoms with Crippen molar-refractivity contribution in [2.24, 2.45) is 0 Å². The van der Waals surface area contributed by atoms with Gasteiger partial charge in [0.25, 0.3) is 11.1 Å². The van der Waals surface area contributed by atoms with Gasteiger partial charge < -0.3 is 4.74 Å². The average molecular weight is 469 g/mol. The molecule has 1 saturated heterocycles. The van der Waals surface area contributed by atoms with Crippen LogP contribution < -0.4 is 10.1 Å². The molecule has 0 aromatic heterocycles. The predicted octanol–water partition coefficient (Wildman–Crippen LogP) is 5.11. The molecule has 1 heterocycles. The molecule has 0 radical (unpaired) electrons. The monoisotopic (exact) mass is 467 g/mol. The van der Waals surface area contributed by atoms with Crippen LogP contribution >= 0.6 is 43.6 Å². The Morgan fingerprint density at radius 2 is 1.75 bits per heavy atom. The first-order chi connectivity index (χ1) is 11.5. The van der Waals surface area contributed by atoms with Crippen molar-refractivity contribution in [2.45, 2.75) is 6.61 Å². The summed E-state index contributed by atoms with van der Waals surface area (Å²) in [5, 5.41) is 1.88. The highest BCUT2D eigenvalue weighted by molar-refractivity contribution is 9.11. The van der Waals surface area contributed by atoms with E-state index in [4.69, 9.17) is 4.74 Å². The van der Waals surface area contributed by atoms with E-state index >= 15 is 0 Å². The Labute approximate surface area is 159 Å². The number of halogens is 2. The molecular weight excluding hydrogens is 458 g/mol. The lowest BCUT2D eigenvalue weighted by Crippen LogP contribution is -2.17. The van der Waals surface area contributed by atoms with E-state index in [-0.39, 0.29) is 11.1 Å². The molecule has 0 aliphatic carbocycles. The Bertz CT molecular complexity index is 814. The summed E-state index contributed by atoms with van der Waals surface area (Å²) >= 11 is 7.87. The van der Waals surface area contributed by atoms with Gasteiger partial charge in [0.1, 0.15) is 12.4 Å². The number of hydrogen-bond donors (Lipinski definition) is 1. The summed E-state index contributed by atoms with van der Waals surface area (Å²) in [6, 6.07) is 13.6. The smallest absolute Gasteiger partial charge is 0.290 e. The van der Waals surface area contributed by atoms with Crippen molar-refractivity contribution in [3.63, 3.8) is 0 Å². The molecule has 0 atom stereocenters. The molecule has 7 heteroatoms. The average Bonchev–Trinajstić information content (AvgIpc) is 2.85. The number of thioether (sulfide) groups is 1. The summed E-state index contributed by atoms with van der Waals surface area (Å²) in [4.78, 5) is 23.2. The number of hydrogen-bond acceptors (Lipinski definition) is 4. The number of amides is 2. The normalized spacial score (nSPS) is 15.7. The van der Waals surface area contributed by atoms with Gasteiger partial charge in [0, 0.05) is 0 Å². The molecule has 0 bridgehead atoms. The van der Waals surface area contributed by atoms with E-state index in [1.807, 2.05) is 42.5 Å². The molecule has 24 heavy (non-hydrogen) atoms. The number of benzene rings is 2. The Balaban J connectivity index is 1.80. The van der Waals surface area contributed by atoms with Gasteiger partial charge in [0.15, 0.2) is 0 Å². The fourth-order valence-electron chi connectivity index (χ4n) is 2.10. The van der Waals surface area contributed by atoms with E-state index in [2.05, 4.69) is 37.2 Å². The molecule has 1 fully saturated rings. The summed E-state index contributed by atoms with van der Waals surface area (Å²) in [5.41, 5.74) is 1.85. The van der Waals surface area contributed by atoms with Crippen molar-refractivity contribution in [2.75, 3.05) is 0 Å². The van der Waals surface area contributed by atoms with E-state index in [0.29, 0.717) is 17.3 Å². The highest BCUT2D eigenvalue weighted by Crippen LogP contribution is 2.37. The standard InChI is InChI=1S/C17H11Br2NO3S/c18-12-6-11(8-14-16(21)20-17(22)24-14)7-13(19)15(12)23-9-10-4-2-1-3-5-10/h1-8H,9H2,(H,20,21,22)/b14-8+. The van der Waals surface area contributed by atoms with Crippen LogP contribution in [-0.4, -0.2) is 11.1 Å². The quantitative estimate of drug-likeness (QED) is 0.633. The Morgan fingerprint density at radius 3 is 2.33 bits per heavy atom. The highest BCUT2D eigenvalue weighted by atomic mass is 79.9. The lowest BCUT2D eigenvalue weighted by molar-refractivity contribution is -0.115. The summed E-state index contributed by atoms with van der Waals surface area (Å²) in [7, 11) is 0. The highest BCUT2D eigenvalue weighted by Gasteiger charge is 2.25. The minimum Gasteiger partial charge on any atom is -0.487 e. The maximum absolute atomic E-state index is 11.6. The van der Waals surface area contributed by atoms with Crippen molar-refractivity contribution in [1.82, 2.24) is 5.32 Å². The van der Waals surface area contributed by atoms with E-state index in [1.54, 1.807) is 6.08 Å². The van der Waals surface area contributed by atoms with Gasteiger partial charge in [-0.25, -0.2) is 0 Å². The maximum Gasteiger partial charge on any atom is 0.290 e. The molecule has 1 aliphatic heterocycles. The molecule has 2 aromatic carbocycles. The number of carbonyl (C=O) groups excluding carboxylic acids is 2. The number of nitrogens with one attached hydrogen (secondary N) is 1. The van der Waals surface area contributed by atoms with Crippen LogP contribution in [0, 0.1) is 0 Å². The van der Waals surface area contributed by atoms with Crippen molar-refractivity contribution in [3.8, 4) is 5.75 Å². The number of ether oxygens (including phenoxy) is 1. The predicted molar refractivity (Wildman–Crippen MR) is 102 cm³/mol. The van der Waals surface area contributed by atoms with E-state index < -0.39 is 0 Å². The van der Waals surface area contributed by atoms with Gasteiger partial charge >= 0.3 is 0 Å². The van der Waals surface area contributed by atoms with Crippen LogP contribution in [0.15, 0.2) is 56.3 Å². The van der Waals surface area contributed by atoms with Crippen molar-refractivity contribution < 1.29 is 14.3 Å². The Morgan fingerprint density at radius 1 is 1.08 bits per heavy atom. The van der Waals surface area contributed by atoms with Crippen LogP contribution in [0.4, 0.5) is 4.79 Å². The van der Waals surface area contributed by atoms with E-state index in [1.165, 1.54) is 0 Å². The Kier molecular flexibility index (Phi) is 5.43. The number of rotatable bonds is 4. The first-order valence-corrected chi connectivity index (χ1v) is 9.34. The van der Waals surface area contributed by atoms with Crippen molar-refractivity contribution >= 4 is 60.8 Å². The third kappa shape index (κ3) is 4.09. The minimum absolute atomic E-state index is 0.354. The summed E-state index contributed by atoms with van der Waals surface area (Å²) < 4.78 is 7.38. The zero-order valence-corrected chi connectivity index (χ0v) is 16.2. The zero-order chi connectivity index (χ0) is 17.1. The summed E-state index contributed by atoms with van der Waals surface area (Å²) in [6.45, 7) is 0.450. The molecule has 1 aliphatic rings. The molecule has 2 aromatic rings. The summed E-state index contributed by atoms with van der Waals surface area (Å²) in [5.74, 6) is 0.308. The first kappa shape index (κ1) is 17.3. The van der Waals surface area contributed by atoms with Crippen LogP contribution in [0.5, 0.6) is 5.75 Å². The molecule has 122 valence electrons. The van der Waals surface area contributed by atoms with Gasteiger partial charge in [-0.2, -0.15) is 0 Å². The lowest BCUT2D eigenvalue weighted by atomic mass is 10.2. The van der Waals surface area contributed by atoms with E-state index in [0.717, 1.165) is 31.8 Å². The fourth-order valence-corrected chi connectivity index (χ4v) is 4.24. The van der Waals surface area contributed by atoms with Gasteiger partial charge in [-0.3, -0.25) is 14.9 Å². The third-order valence-corrected chi connectivity index (χ3v) is 5.18.